The minimum atomic E-state index is -4.65. The molecule has 22 heavy (non-hydrogen) atoms. The average Bonchev–Trinajstić information content (AvgIpc) is 2.69. The lowest BCUT2D eigenvalue weighted by molar-refractivity contribution is -0.144. The summed E-state index contributed by atoms with van der Waals surface area (Å²) in [6.45, 7) is 0. The Kier molecular flexibility index (Phi) is 4.74. The number of carbonyl (C=O) groups is 1. The van der Waals surface area contributed by atoms with Crippen LogP contribution in [-0.4, -0.2) is 15.7 Å². The molecule has 0 aliphatic rings. The van der Waals surface area contributed by atoms with Gasteiger partial charge in [0.1, 0.15) is 0 Å². The van der Waals surface area contributed by atoms with E-state index < -0.39 is 27.9 Å². The molecule has 1 aromatic carbocycles. The van der Waals surface area contributed by atoms with E-state index in [-0.39, 0.29) is 15.7 Å². The normalized spacial score (nSPS) is 11.6. The van der Waals surface area contributed by atoms with Crippen molar-refractivity contribution in [2.45, 2.75) is 6.18 Å². The van der Waals surface area contributed by atoms with Crippen molar-refractivity contribution in [3.05, 3.63) is 44.1 Å². The predicted octanol–water partition coefficient (Wildman–Crippen LogP) is 4.76. The molecular weight excluding hydrogens is 410 g/mol. The first kappa shape index (κ1) is 17.1. The van der Waals surface area contributed by atoms with E-state index in [9.17, 15) is 18.0 Å². The largest absolute Gasteiger partial charge is 0.434 e. The van der Waals surface area contributed by atoms with Gasteiger partial charge >= 0.3 is 6.18 Å². The number of amides is 1. The molecule has 0 atom stereocenters. The van der Waals surface area contributed by atoms with Crippen LogP contribution in [0.2, 0.25) is 10.0 Å². The molecule has 0 aliphatic carbocycles. The second-order valence-electron chi connectivity index (χ2n) is 4.18. The van der Waals surface area contributed by atoms with Gasteiger partial charge in [0.25, 0.3) is 5.91 Å². The van der Waals surface area contributed by atoms with E-state index in [1.807, 2.05) is 0 Å². The van der Waals surface area contributed by atoms with Crippen molar-refractivity contribution in [1.29, 1.82) is 0 Å². The van der Waals surface area contributed by atoms with Crippen LogP contribution in [0, 0.1) is 0 Å². The molecule has 0 fully saturated rings. The molecule has 1 N–H and O–H groups in total. The molecule has 1 amide bonds. The van der Waals surface area contributed by atoms with Crippen LogP contribution in [0.25, 0.3) is 0 Å². The van der Waals surface area contributed by atoms with Gasteiger partial charge < -0.3 is 5.32 Å². The minimum Gasteiger partial charge on any atom is -0.318 e. The van der Waals surface area contributed by atoms with Gasteiger partial charge in [0.2, 0.25) is 0 Å². The van der Waals surface area contributed by atoms with Crippen molar-refractivity contribution in [1.82, 2.24) is 9.78 Å². The number of nitrogens with zero attached hydrogens (tertiary/aromatic N) is 2. The summed E-state index contributed by atoms with van der Waals surface area (Å²) >= 11 is 14.5. The summed E-state index contributed by atoms with van der Waals surface area (Å²) < 4.78 is 38.8. The number of carbonyl (C=O) groups excluding carboxylic acids is 1. The number of anilines is 1. The number of halogens is 6. The van der Waals surface area contributed by atoms with Gasteiger partial charge in [-0.1, -0.05) is 29.3 Å². The fourth-order valence-corrected chi connectivity index (χ4v) is 2.97. The molecule has 0 unspecified atom stereocenters. The van der Waals surface area contributed by atoms with E-state index in [0.29, 0.717) is 4.68 Å². The van der Waals surface area contributed by atoms with Crippen molar-refractivity contribution in [2.75, 3.05) is 5.32 Å². The number of rotatable bonds is 2. The number of benzene rings is 1. The maximum atomic E-state index is 12.9. The van der Waals surface area contributed by atoms with Crippen molar-refractivity contribution >= 4 is 50.7 Å². The Labute approximate surface area is 141 Å². The van der Waals surface area contributed by atoms with Gasteiger partial charge in [-0.15, -0.1) is 0 Å². The molecule has 10 heteroatoms. The van der Waals surface area contributed by atoms with Gasteiger partial charge in [0.05, 0.1) is 20.2 Å². The van der Waals surface area contributed by atoms with Gasteiger partial charge in [0, 0.05) is 7.05 Å². The molecule has 4 nitrogen and oxygen atoms in total. The summed E-state index contributed by atoms with van der Waals surface area (Å²) in [5.74, 6) is -0.868. The standard InChI is InChI=1S/C12H7BrCl2F3N3O/c1-21-10(12(16,17)18)7(13)9(20-21)11(22)19-8-5(14)3-2-4-6(8)15/h2-4H,1H3,(H,19,22). The SMILES string of the molecule is Cn1nc(C(=O)Nc2c(Cl)cccc2Cl)c(Br)c1C(F)(F)F. The number of para-hydroxylation sites is 1. The monoisotopic (exact) mass is 415 g/mol. The lowest BCUT2D eigenvalue weighted by atomic mass is 10.3. The molecule has 118 valence electrons. The molecule has 0 aliphatic heterocycles. The third kappa shape index (κ3) is 3.23. The zero-order chi connectivity index (χ0) is 16.7. The summed E-state index contributed by atoms with van der Waals surface area (Å²) in [7, 11) is 1.09. The highest BCUT2D eigenvalue weighted by Gasteiger charge is 2.39. The first-order valence-corrected chi connectivity index (χ1v) is 7.23. The van der Waals surface area contributed by atoms with Crippen molar-refractivity contribution in [2.24, 2.45) is 7.05 Å². The smallest absolute Gasteiger partial charge is 0.318 e. The van der Waals surface area contributed by atoms with Crippen LogP contribution >= 0.6 is 39.1 Å². The number of hydrogen-bond acceptors (Lipinski definition) is 2. The zero-order valence-corrected chi connectivity index (χ0v) is 13.9. The molecule has 0 spiro atoms. The number of nitrogens with one attached hydrogen (secondary N) is 1. The Bertz CT molecular complexity index is 726. The van der Waals surface area contributed by atoms with Crippen LogP contribution in [0.1, 0.15) is 16.2 Å². The summed E-state index contributed by atoms with van der Waals surface area (Å²) in [6, 6.07) is 4.54. The van der Waals surface area contributed by atoms with Crippen LogP contribution in [0.4, 0.5) is 18.9 Å². The van der Waals surface area contributed by atoms with Crippen molar-refractivity contribution < 1.29 is 18.0 Å². The van der Waals surface area contributed by atoms with Crippen LogP contribution in [-0.2, 0) is 13.2 Å². The number of alkyl halides is 3. The molecule has 0 saturated carbocycles. The number of hydrogen-bond donors (Lipinski definition) is 1. The first-order valence-electron chi connectivity index (χ1n) is 5.68. The maximum absolute atomic E-state index is 12.9. The molecular formula is C12H7BrCl2F3N3O. The zero-order valence-electron chi connectivity index (χ0n) is 10.8. The van der Waals surface area contributed by atoms with E-state index in [1.165, 1.54) is 12.1 Å². The minimum absolute atomic E-state index is 0.0990. The summed E-state index contributed by atoms with van der Waals surface area (Å²) in [5, 5.41) is 6.25. The van der Waals surface area contributed by atoms with Gasteiger partial charge in [-0.25, -0.2) is 0 Å². The van der Waals surface area contributed by atoms with E-state index >= 15 is 0 Å². The molecule has 1 heterocycles. The molecule has 1 aromatic heterocycles. The summed E-state index contributed by atoms with van der Waals surface area (Å²) in [6.07, 6.45) is -4.65. The van der Waals surface area contributed by atoms with E-state index in [2.05, 4.69) is 26.3 Å². The Morgan fingerprint density at radius 2 is 1.86 bits per heavy atom. The van der Waals surface area contributed by atoms with Crippen molar-refractivity contribution in [3.63, 3.8) is 0 Å². The number of aryl methyl sites for hydroxylation is 1. The Balaban J connectivity index is 2.40. The first-order chi connectivity index (χ1) is 10.1. The quantitative estimate of drug-likeness (QED) is 0.767. The van der Waals surface area contributed by atoms with Crippen LogP contribution in [0.3, 0.4) is 0 Å². The summed E-state index contributed by atoms with van der Waals surface area (Å²) in [5.41, 5.74) is -1.39. The average molecular weight is 417 g/mol. The van der Waals surface area contributed by atoms with Crippen LogP contribution < -0.4 is 5.32 Å². The second-order valence-corrected chi connectivity index (χ2v) is 5.79. The Morgan fingerprint density at radius 3 is 2.32 bits per heavy atom. The highest BCUT2D eigenvalue weighted by Crippen LogP contribution is 2.37. The van der Waals surface area contributed by atoms with Gasteiger partial charge in [0.15, 0.2) is 11.4 Å². The van der Waals surface area contributed by atoms with Gasteiger partial charge in [-0.2, -0.15) is 18.3 Å². The molecule has 2 rings (SSSR count). The number of aromatic nitrogens is 2. The highest BCUT2D eigenvalue weighted by molar-refractivity contribution is 9.10. The topological polar surface area (TPSA) is 46.9 Å². The fraction of sp³-hybridized carbons (Fsp3) is 0.167. The summed E-state index contributed by atoms with van der Waals surface area (Å²) in [4.78, 5) is 12.1. The molecule has 0 radical (unpaired) electrons. The van der Waals surface area contributed by atoms with E-state index in [1.54, 1.807) is 6.07 Å². The van der Waals surface area contributed by atoms with Gasteiger partial charge in [-0.3, -0.25) is 9.48 Å². The lowest BCUT2D eigenvalue weighted by Gasteiger charge is -2.08. The lowest BCUT2D eigenvalue weighted by Crippen LogP contribution is -2.14. The molecule has 0 saturated heterocycles. The van der Waals surface area contributed by atoms with E-state index in [0.717, 1.165) is 7.05 Å². The third-order valence-corrected chi connectivity index (χ3v) is 4.06. The molecule has 0 bridgehead atoms. The molecule has 2 aromatic rings. The highest BCUT2D eigenvalue weighted by atomic mass is 79.9. The van der Waals surface area contributed by atoms with Crippen LogP contribution in [0.15, 0.2) is 22.7 Å². The van der Waals surface area contributed by atoms with Gasteiger partial charge in [-0.05, 0) is 28.1 Å². The third-order valence-electron chi connectivity index (χ3n) is 2.67. The van der Waals surface area contributed by atoms with E-state index in [4.69, 9.17) is 23.2 Å². The maximum Gasteiger partial charge on any atom is 0.434 e. The second kappa shape index (κ2) is 6.10. The Hall–Kier alpha value is -1.25. The van der Waals surface area contributed by atoms with Crippen LogP contribution in [0.5, 0.6) is 0 Å². The fourth-order valence-electron chi connectivity index (χ4n) is 1.74. The van der Waals surface area contributed by atoms with Crippen molar-refractivity contribution in [3.8, 4) is 0 Å². The Morgan fingerprint density at radius 1 is 1.32 bits per heavy atom. The predicted molar refractivity (Wildman–Crippen MR) is 80.3 cm³/mol.